The van der Waals surface area contributed by atoms with Gasteiger partial charge in [0, 0.05) is 13.2 Å². The van der Waals surface area contributed by atoms with Crippen LogP contribution in [-0.2, 0) is 17.1 Å². The number of carboxylic acid groups (broad SMARTS) is 1. The topological polar surface area (TPSA) is 88.4 Å². The normalized spacial score (nSPS) is 11.3. The molecule has 0 saturated heterocycles. The van der Waals surface area contributed by atoms with Crippen LogP contribution in [0.25, 0.3) is 0 Å². The molecule has 0 spiro atoms. The summed E-state index contributed by atoms with van der Waals surface area (Å²) in [6.45, 7) is 0. The zero-order valence-corrected chi connectivity index (χ0v) is 11.2. The van der Waals surface area contributed by atoms with Crippen molar-refractivity contribution in [2.75, 3.05) is 4.72 Å². The Hall–Kier alpha value is -2.35. The van der Waals surface area contributed by atoms with E-state index in [2.05, 4.69) is 4.72 Å². The Morgan fingerprint density at radius 1 is 1.35 bits per heavy atom. The van der Waals surface area contributed by atoms with E-state index in [-0.39, 0.29) is 16.3 Å². The maximum atomic E-state index is 13.0. The van der Waals surface area contributed by atoms with E-state index >= 15 is 0 Å². The van der Waals surface area contributed by atoms with Crippen LogP contribution in [0.2, 0.25) is 0 Å². The Labute approximate surface area is 114 Å². The highest BCUT2D eigenvalue weighted by Gasteiger charge is 2.20. The number of sulfonamides is 1. The molecule has 0 aliphatic carbocycles. The fourth-order valence-electron chi connectivity index (χ4n) is 1.66. The lowest BCUT2D eigenvalue weighted by Gasteiger charge is -2.06. The van der Waals surface area contributed by atoms with E-state index in [1.165, 1.54) is 36.0 Å². The molecule has 1 aromatic heterocycles. The van der Waals surface area contributed by atoms with E-state index < -0.39 is 21.8 Å². The number of halogens is 1. The number of rotatable bonds is 4. The number of benzene rings is 1. The number of anilines is 1. The van der Waals surface area contributed by atoms with Gasteiger partial charge >= 0.3 is 5.97 Å². The van der Waals surface area contributed by atoms with Gasteiger partial charge in [0.25, 0.3) is 10.0 Å². The van der Waals surface area contributed by atoms with Crippen LogP contribution in [0.5, 0.6) is 0 Å². The van der Waals surface area contributed by atoms with Crippen molar-refractivity contribution >= 4 is 21.7 Å². The zero-order chi connectivity index (χ0) is 14.9. The molecule has 6 nitrogen and oxygen atoms in total. The molecule has 2 aromatic rings. The fourth-order valence-corrected chi connectivity index (χ4v) is 2.78. The molecule has 8 heteroatoms. The summed E-state index contributed by atoms with van der Waals surface area (Å²) in [6, 6.07) is 5.99. The quantitative estimate of drug-likeness (QED) is 0.898. The average Bonchev–Trinajstić information content (AvgIpc) is 2.71. The van der Waals surface area contributed by atoms with E-state index in [1.54, 1.807) is 0 Å². The first kappa shape index (κ1) is 14.1. The minimum absolute atomic E-state index is 0.0609. The molecule has 2 rings (SSSR count). The molecule has 0 aliphatic heterocycles. The van der Waals surface area contributed by atoms with Gasteiger partial charge in [-0.1, -0.05) is 6.07 Å². The third-order valence-electron chi connectivity index (χ3n) is 2.59. The third-order valence-corrected chi connectivity index (χ3v) is 3.93. The number of hydrogen-bond acceptors (Lipinski definition) is 3. The van der Waals surface area contributed by atoms with Crippen molar-refractivity contribution in [2.24, 2.45) is 7.05 Å². The van der Waals surface area contributed by atoms with Gasteiger partial charge in [0.15, 0.2) is 0 Å². The lowest BCUT2D eigenvalue weighted by atomic mass is 10.3. The number of aromatic nitrogens is 1. The van der Waals surface area contributed by atoms with Crippen LogP contribution in [0.15, 0.2) is 41.4 Å². The summed E-state index contributed by atoms with van der Waals surface area (Å²) in [5, 5.41) is 8.89. The molecule has 0 radical (unpaired) electrons. The lowest BCUT2D eigenvalue weighted by molar-refractivity contribution is 0.0686. The van der Waals surface area contributed by atoms with Crippen molar-refractivity contribution in [3.8, 4) is 0 Å². The molecule has 0 atom stereocenters. The first-order valence-corrected chi connectivity index (χ1v) is 6.96. The standard InChI is InChI=1S/C12H11FN2O4S/c1-15-7-10(6-11(15)12(16)17)20(18,19)14-9-4-2-3-8(13)5-9/h2-7,14H,1H3,(H,16,17). The van der Waals surface area contributed by atoms with Gasteiger partial charge in [-0.15, -0.1) is 0 Å². The minimum atomic E-state index is -3.97. The molecule has 0 amide bonds. The van der Waals surface area contributed by atoms with E-state index in [1.807, 2.05) is 0 Å². The number of nitrogens with one attached hydrogen (secondary N) is 1. The Kier molecular flexibility index (Phi) is 3.49. The minimum Gasteiger partial charge on any atom is -0.477 e. The smallest absolute Gasteiger partial charge is 0.352 e. The molecule has 0 fully saturated rings. The molecule has 20 heavy (non-hydrogen) atoms. The van der Waals surface area contributed by atoms with Gasteiger partial charge in [0.05, 0.1) is 5.69 Å². The van der Waals surface area contributed by atoms with Crippen LogP contribution < -0.4 is 4.72 Å². The van der Waals surface area contributed by atoms with Gasteiger partial charge in [-0.25, -0.2) is 17.6 Å². The summed E-state index contributed by atoms with van der Waals surface area (Å²) in [4.78, 5) is 10.7. The second-order valence-electron chi connectivity index (χ2n) is 4.09. The molecule has 2 N–H and O–H groups in total. The van der Waals surface area contributed by atoms with Crippen molar-refractivity contribution in [3.63, 3.8) is 0 Å². The Morgan fingerprint density at radius 3 is 2.60 bits per heavy atom. The van der Waals surface area contributed by atoms with Gasteiger partial charge in [-0.05, 0) is 24.3 Å². The molecule has 0 bridgehead atoms. The number of aromatic carboxylic acids is 1. The molecular formula is C12H11FN2O4S. The largest absolute Gasteiger partial charge is 0.477 e. The average molecular weight is 298 g/mol. The van der Waals surface area contributed by atoms with Crippen molar-refractivity contribution in [1.82, 2.24) is 4.57 Å². The maximum absolute atomic E-state index is 13.0. The first-order valence-electron chi connectivity index (χ1n) is 5.47. The summed E-state index contributed by atoms with van der Waals surface area (Å²) >= 11 is 0. The van der Waals surface area contributed by atoms with Gasteiger partial charge in [-0.2, -0.15) is 0 Å². The molecule has 1 heterocycles. The number of aryl methyl sites for hydroxylation is 1. The van der Waals surface area contributed by atoms with Crippen molar-refractivity contribution in [3.05, 3.63) is 48.0 Å². The number of carboxylic acids is 1. The van der Waals surface area contributed by atoms with Crippen LogP contribution in [-0.4, -0.2) is 24.1 Å². The highest BCUT2D eigenvalue weighted by Crippen LogP contribution is 2.18. The number of nitrogens with zero attached hydrogens (tertiary/aromatic N) is 1. The Morgan fingerprint density at radius 2 is 2.05 bits per heavy atom. The SMILES string of the molecule is Cn1cc(S(=O)(=O)Nc2cccc(F)c2)cc1C(=O)O. The van der Waals surface area contributed by atoms with E-state index in [0.717, 1.165) is 12.1 Å². The summed E-state index contributed by atoms with van der Waals surface area (Å²) in [5.41, 5.74) is -0.102. The Balaban J connectivity index is 2.36. The molecule has 0 aliphatic rings. The van der Waals surface area contributed by atoms with Gasteiger partial charge < -0.3 is 9.67 Å². The monoisotopic (exact) mass is 298 g/mol. The first-order chi connectivity index (χ1) is 9.29. The second-order valence-corrected chi connectivity index (χ2v) is 5.78. The summed E-state index contributed by atoms with van der Waals surface area (Å²) in [6.07, 6.45) is 1.17. The Bertz CT molecular complexity index is 768. The molecule has 106 valence electrons. The highest BCUT2D eigenvalue weighted by molar-refractivity contribution is 7.92. The van der Waals surface area contributed by atoms with Gasteiger partial charge in [-0.3, -0.25) is 4.72 Å². The predicted octanol–water partition coefficient (Wildman–Crippen LogP) is 1.66. The van der Waals surface area contributed by atoms with Gasteiger partial charge in [0.1, 0.15) is 16.4 Å². The number of hydrogen-bond donors (Lipinski definition) is 2. The van der Waals surface area contributed by atoms with E-state index in [4.69, 9.17) is 5.11 Å². The molecule has 0 saturated carbocycles. The number of carbonyl (C=O) groups is 1. The summed E-state index contributed by atoms with van der Waals surface area (Å²) in [7, 11) is -2.54. The van der Waals surface area contributed by atoms with E-state index in [9.17, 15) is 17.6 Å². The van der Waals surface area contributed by atoms with Crippen molar-refractivity contribution in [1.29, 1.82) is 0 Å². The molecule has 1 aromatic carbocycles. The lowest BCUT2D eigenvalue weighted by Crippen LogP contribution is -2.12. The van der Waals surface area contributed by atoms with E-state index in [0.29, 0.717) is 0 Å². The van der Waals surface area contributed by atoms with Crippen LogP contribution >= 0.6 is 0 Å². The van der Waals surface area contributed by atoms with Gasteiger partial charge in [0.2, 0.25) is 0 Å². The summed E-state index contributed by atoms with van der Waals surface area (Å²) in [5.74, 6) is -1.82. The molecular weight excluding hydrogens is 287 g/mol. The third kappa shape index (κ3) is 2.80. The summed E-state index contributed by atoms with van der Waals surface area (Å²) < 4.78 is 40.5. The fraction of sp³-hybridized carbons (Fsp3) is 0.0833. The van der Waals surface area contributed by atoms with Crippen LogP contribution in [0, 0.1) is 5.82 Å². The highest BCUT2D eigenvalue weighted by atomic mass is 32.2. The van der Waals surface area contributed by atoms with Crippen LogP contribution in [0.3, 0.4) is 0 Å². The predicted molar refractivity (Wildman–Crippen MR) is 69.6 cm³/mol. The van der Waals surface area contributed by atoms with Crippen LogP contribution in [0.4, 0.5) is 10.1 Å². The molecule has 0 unspecified atom stereocenters. The van der Waals surface area contributed by atoms with Crippen molar-refractivity contribution in [2.45, 2.75) is 4.90 Å². The second kappa shape index (κ2) is 4.97. The maximum Gasteiger partial charge on any atom is 0.352 e. The van der Waals surface area contributed by atoms with Crippen LogP contribution in [0.1, 0.15) is 10.5 Å². The zero-order valence-electron chi connectivity index (χ0n) is 10.4. The van der Waals surface area contributed by atoms with Crippen molar-refractivity contribution < 1.29 is 22.7 Å².